The summed E-state index contributed by atoms with van der Waals surface area (Å²) in [6.45, 7) is 5.22. The van der Waals surface area contributed by atoms with Crippen molar-refractivity contribution in [1.82, 2.24) is 10.2 Å². The van der Waals surface area contributed by atoms with E-state index in [1.807, 2.05) is 18.2 Å². The molecular formula is C20H24N3O3S+. The summed E-state index contributed by atoms with van der Waals surface area (Å²) in [6, 6.07) is 9.40. The number of carbonyl (C=O) groups is 2. The summed E-state index contributed by atoms with van der Waals surface area (Å²) >= 11 is 1.79. The summed E-state index contributed by atoms with van der Waals surface area (Å²) in [5, 5.41) is 5.01. The normalized spacial score (nSPS) is 27.4. The SMILES string of the molecule is COc1cccc([C@@]2(C)NC(=O)N(C[NH+]3CCc4sccc4[C@@H]3C)C2=O)c1. The predicted octanol–water partition coefficient (Wildman–Crippen LogP) is 1.68. The van der Waals surface area contributed by atoms with Gasteiger partial charge in [-0.2, -0.15) is 0 Å². The first-order valence-electron chi connectivity index (χ1n) is 9.13. The third-order valence-corrected chi connectivity index (χ3v) is 6.81. The number of hydrogen-bond acceptors (Lipinski definition) is 4. The van der Waals surface area contributed by atoms with Gasteiger partial charge in [-0.1, -0.05) is 12.1 Å². The summed E-state index contributed by atoms with van der Waals surface area (Å²) in [4.78, 5) is 29.9. The molecule has 1 fully saturated rings. The van der Waals surface area contributed by atoms with Crippen LogP contribution < -0.4 is 15.0 Å². The molecule has 7 heteroatoms. The van der Waals surface area contributed by atoms with Crippen molar-refractivity contribution in [3.63, 3.8) is 0 Å². The van der Waals surface area contributed by atoms with E-state index in [0.29, 0.717) is 12.4 Å². The lowest BCUT2D eigenvalue weighted by molar-refractivity contribution is -0.938. The molecule has 27 heavy (non-hydrogen) atoms. The number of quaternary nitrogens is 1. The fraction of sp³-hybridized carbons (Fsp3) is 0.400. The van der Waals surface area contributed by atoms with Crippen LogP contribution in [0.5, 0.6) is 5.75 Å². The lowest BCUT2D eigenvalue weighted by Gasteiger charge is -2.32. The first-order valence-corrected chi connectivity index (χ1v) is 10.0. The number of imide groups is 1. The Morgan fingerprint density at radius 1 is 1.37 bits per heavy atom. The van der Waals surface area contributed by atoms with Gasteiger partial charge < -0.3 is 15.0 Å². The molecule has 2 aliphatic heterocycles. The predicted molar refractivity (Wildman–Crippen MR) is 103 cm³/mol. The lowest BCUT2D eigenvalue weighted by atomic mass is 9.92. The van der Waals surface area contributed by atoms with Crippen LogP contribution >= 0.6 is 11.3 Å². The van der Waals surface area contributed by atoms with E-state index >= 15 is 0 Å². The molecule has 2 aliphatic rings. The summed E-state index contributed by atoms with van der Waals surface area (Å²) in [6.07, 6.45) is 0.990. The van der Waals surface area contributed by atoms with E-state index in [0.717, 1.165) is 18.5 Å². The van der Waals surface area contributed by atoms with Crippen molar-refractivity contribution in [3.05, 3.63) is 51.7 Å². The average Bonchev–Trinajstić information content (AvgIpc) is 3.23. The van der Waals surface area contributed by atoms with Gasteiger partial charge in [0.25, 0.3) is 5.91 Å². The molecule has 3 heterocycles. The van der Waals surface area contributed by atoms with Crippen molar-refractivity contribution in [2.24, 2.45) is 0 Å². The summed E-state index contributed by atoms with van der Waals surface area (Å²) in [7, 11) is 1.59. The highest BCUT2D eigenvalue weighted by molar-refractivity contribution is 7.10. The minimum absolute atomic E-state index is 0.212. The maximum absolute atomic E-state index is 13.2. The Hall–Kier alpha value is -2.38. The molecule has 1 saturated heterocycles. The molecule has 0 bridgehead atoms. The molecule has 3 amide bonds. The van der Waals surface area contributed by atoms with Crippen molar-refractivity contribution in [2.45, 2.75) is 31.8 Å². The molecule has 6 nitrogen and oxygen atoms in total. The molecule has 4 rings (SSSR count). The number of thiophene rings is 1. The Balaban J connectivity index is 1.56. The van der Waals surface area contributed by atoms with Crippen LogP contribution in [0.3, 0.4) is 0 Å². The van der Waals surface area contributed by atoms with Gasteiger partial charge in [-0.3, -0.25) is 4.79 Å². The highest BCUT2D eigenvalue weighted by Crippen LogP contribution is 2.31. The van der Waals surface area contributed by atoms with Gasteiger partial charge in [0.15, 0.2) is 6.67 Å². The van der Waals surface area contributed by atoms with Crippen molar-refractivity contribution in [2.75, 3.05) is 20.3 Å². The molecule has 1 unspecified atom stereocenters. The smallest absolute Gasteiger partial charge is 0.329 e. The Morgan fingerprint density at radius 2 is 2.19 bits per heavy atom. The Kier molecular flexibility index (Phi) is 4.44. The summed E-state index contributed by atoms with van der Waals surface area (Å²) in [5.41, 5.74) is 0.992. The van der Waals surface area contributed by atoms with Crippen LogP contribution in [0.15, 0.2) is 35.7 Å². The molecule has 0 aliphatic carbocycles. The minimum Gasteiger partial charge on any atom is -0.497 e. The number of fused-ring (bicyclic) bond motifs is 1. The zero-order valence-electron chi connectivity index (χ0n) is 15.7. The molecule has 0 radical (unpaired) electrons. The molecule has 2 aromatic rings. The molecular weight excluding hydrogens is 362 g/mol. The van der Waals surface area contributed by atoms with Crippen LogP contribution in [0.2, 0.25) is 0 Å². The highest BCUT2D eigenvalue weighted by Gasteiger charge is 2.50. The second-order valence-electron chi connectivity index (χ2n) is 7.36. The number of hydrogen-bond donors (Lipinski definition) is 2. The minimum atomic E-state index is -1.07. The van der Waals surface area contributed by atoms with Gasteiger partial charge in [-0.15, -0.1) is 11.3 Å². The van der Waals surface area contributed by atoms with Gasteiger partial charge in [0.1, 0.15) is 17.3 Å². The van der Waals surface area contributed by atoms with E-state index in [-0.39, 0.29) is 18.0 Å². The summed E-state index contributed by atoms with van der Waals surface area (Å²) < 4.78 is 5.27. The number of carbonyl (C=O) groups excluding carboxylic acids is 2. The van der Waals surface area contributed by atoms with Crippen molar-refractivity contribution < 1.29 is 19.2 Å². The fourth-order valence-electron chi connectivity index (χ4n) is 4.04. The molecule has 0 spiro atoms. The van der Waals surface area contributed by atoms with E-state index in [2.05, 4.69) is 23.7 Å². The quantitative estimate of drug-likeness (QED) is 0.786. The second kappa shape index (κ2) is 6.65. The number of ether oxygens (including phenoxy) is 1. The van der Waals surface area contributed by atoms with Crippen molar-refractivity contribution >= 4 is 23.3 Å². The zero-order valence-corrected chi connectivity index (χ0v) is 16.6. The van der Waals surface area contributed by atoms with Crippen LogP contribution in [0.25, 0.3) is 0 Å². The maximum Gasteiger partial charge on any atom is 0.329 e. The number of methoxy groups -OCH3 is 1. The maximum atomic E-state index is 13.2. The van der Waals surface area contributed by atoms with Crippen LogP contribution in [-0.4, -0.2) is 37.2 Å². The Bertz CT molecular complexity index is 896. The van der Waals surface area contributed by atoms with Crippen molar-refractivity contribution in [1.29, 1.82) is 0 Å². The largest absolute Gasteiger partial charge is 0.497 e. The third kappa shape index (κ3) is 2.91. The lowest BCUT2D eigenvalue weighted by Crippen LogP contribution is -3.14. The van der Waals surface area contributed by atoms with Gasteiger partial charge in [-0.05, 0) is 43.0 Å². The number of nitrogens with zero attached hydrogens (tertiary/aromatic N) is 1. The molecule has 1 aromatic carbocycles. The molecule has 3 atom stereocenters. The molecule has 142 valence electrons. The molecule has 1 aromatic heterocycles. The standard InChI is InChI=1S/C20H23N3O3S/c1-13-16-8-10-27-17(16)7-9-22(13)12-23-18(24)20(2,21-19(23)25)14-5-4-6-15(11-14)26-3/h4-6,8,10-11,13H,7,9,12H2,1-3H3,(H,21,25)/p+1/t13-,20+/m0/s1. The number of rotatable bonds is 4. The first-order chi connectivity index (χ1) is 12.9. The van der Waals surface area contributed by atoms with Gasteiger partial charge in [0.05, 0.1) is 13.7 Å². The van der Waals surface area contributed by atoms with E-state index in [9.17, 15) is 9.59 Å². The van der Waals surface area contributed by atoms with Gasteiger partial charge in [-0.25, -0.2) is 9.69 Å². The first kappa shape index (κ1) is 18.0. The Morgan fingerprint density at radius 3 is 2.96 bits per heavy atom. The third-order valence-electron chi connectivity index (χ3n) is 5.82. The highest BCUT2D eigenvalue weighted by atomic mass is 32.1. The Labute approximate surface area is 162 Å². The molecule has 2 N–H and O–H groups in total. The van der Waals surface area contributed by atoms with Crippen LogP contribution in [-0.2, 0) is 16.8 Å². The van der Waals surface area contributed by atoms with Crippen LogP contribution in [0, 0.1) is 0 Å². The van der Waals surface area contributed by atoms with Crippen LogP contribution in [0.1, 0.15) is 35.9 Å². The topological polar surface area (TPSA) is 63.1 Å². The van der Waals surface area contributed by atoms with Gasteiger partial charge in [0, 0.05) is 16.9 Å². The zero-order chi connectivity index (χ0) is 19.2. The van der Waals surface area contributed by atoms with Crippen molar-refractivity contribution in [3.8, 4) is 5.75 Å². The van der Waals surface area contributed by atoms with E-state index in [4.69, 9.17) is 4.74 Å². The summed E-state index contributed by atoms with van der Waals surface area (Å²) in [5.74, 6) is 0.450. The number of benzene rings is 1. The van der Waals surface area contributed by atoms with Gasteiger partial charge in [0.2, 0.25) is 0 Å². The van der Waals surface area contributed by atoms with E-state index in [1.54, 1.807) is 31.4 Å². The number of nitrogens with one attached hydrogen (secondary N) is 2. The monoisotopic (exact) mass is 386 g/mol. The van der Waals surface area contributed by atoms with E-state index < -0.39 is 5.54 Å². The van der Waals surface area contributed by atoms with E-state index in [1.165, 1.54) is 20.2 Å². The second-order valence-corrected chi connectivity index (χ2v) is 8.36. The number of urea groups is 1. The average molecular weight is 386 g/mol. The fourth-order valence-corrected chi connectivity index (χ4v) is 5.02. The van der Waals surface area contributed by atoms with Gasteiger partial charge >= 0.3 is 6.03 Å². The number of amides is 3. The molecule has 0 saturated carbocycles. The van der Waals surface area contributed by atoms with Crippen LogP contribution in [0.4, 0.5) is 4.79 Å².